The van der Waals surface area contributed by atoms with Crippen molar-refractivity contribution in [3.05, 3.63) is 77.1 Å². The third-order valence-electron chi connectivity index (χ3n) is 4.80. The smallest absolute Gasteiger partial charge is 0.244 e. The summed E-state index contributed by atoms with van der Waals surface area (Å²) in [7, 11) is 0. The molecular formula is C22H26FN2O+. The van der Waals surface area contributed by atoms with Crippen LogP contribution < -0.4 is 10.2 Å². The first kappa shape index (κ1) is 18.3. The van der Waals surface area contributed by atoms with E-state index in [-0.39, 0.29) is 11.7 Å². The first-order valence-corrected chi connectivity index (χ1v) is 9.32. The van der Waals surface area contributed by atoms with Gasteiger partial charge in [-0.1, -0.05) is 36.4 Å². The summed E-state index contributed by atoms with van der Waals surface area (Å²) in [4.78, 5) is 13.6. The summed E-state index contributed by atoms with van der Waals surface area (Å²) < 4.78 is 12.8. The highest BCUT2D eigenvalue weighted by atomic mass is 19.1. The van der Waals surface area contributed by atoms with Gasteiger partial charge in [-0.05, 0) is 48.6 Å². The molecule has 1 saturated heterocycles. The van der Waals surface area contributed by atoms with E-state index in [1.165, 1.54) is 56.1 Å². The van der Waals surface area contributed by atoms with E-state index in [1.54, 1.807) is 23.1 Å². The van der Waals surface area contributed by atoms with Crippen molar-refractivity contribution in [3.8, 4) is 0 Å². The second kappa shape index (κ2) is 9.30. The number of benzene rings is 2. The number of quaternary nitrogens is 1. The molecule has 1 amide bonds. The lowest BCUT2D eigenvalue weighted by Crippen LogP contribution is -3.11. The molecule has 4 heteroatoms. The number of nitrogens with one attached hydrogen (secondary N) is 2. The zero-order valence-electron chi connectivity index (χ0n) is 15.0. The summed E-state index contributed by atoms with van der Waals surface area (Å²) in [5.41, 5.74) is 3.24. The van der Waals surface area contributed by atoms with Crippen LogP contribution in [-0.4, -0.2) is 19.0 Å². The molecule has 3 nitrogen and oxygen atoms in total. The lowest BCUT2D eigenvalue weighted by atomic mass is 10.1. The summed E-state index contributed by atoms with van der Waals surface area (Å²) >= 11 is 0. The Morgan fingerprint density at radius 2 is 1.62 bits per heavy atom. The highest BCUT2D eigenvalue weighted by molar-refractivity contribution is 5.91. The number of likely N-dealkylation sites (tertiary alicyclic amines) is 1. The second-order valence-electron chi connectivity index (χ2n) is 6.91. The zero-order valence-corrected chi connectivity index (χ0v) is 15.0. The van der Waals surface area contributed by atoms with E-state index in [2.05, 4.69) is 29.6 Å². The topological polar surface area (TPSA) is 33.5 Å². The van der Waals surface area contributed by atoms with Crippen LogP contribution in [-0.2, 0) is 17.9 Å². The van der Waals surface area contributed by atoms with Gasteiger partial charge in [0.15, 0.2) is 0 Å². The third-order valence-corrected chi connectivity index (χ3v) is 4.80. The number of amides is 1. The van der Waals surface area contributed by atoms with Crippen LogP contribution in [0.1, 0.15) is 36.0 Å². The van der Waals surface area contributed by atoms with Crippen LogP contribution in [0.4, 0.5) is 4.39 Å². The molecule has 26 heavy (non-hydrogen) atoms. The Bertz CT molecular complexity index is 732. The monoisotopic (exact) mass is 353 g/mol. The van der Waals surface area contributed by atoms with Crippen molar-refractivity contribution < 1.29 is 14.1 Å². The molecule has 0 radical (unpaired) electrons. The number of hydrogen-bond donors (Lipinski definition) is 2. The maximum atomic E-state index is 12.8. The minimum absolute atomic E-state index is 0.156. The van der Waals surface area contributed by atoms with Crippen molar-refractivity contribution in [1.82, 2.24) is 5.32 Å². The molecule has 1 fully saturated rings. The van der Waals surface area contributed by atoms with Gasteiger partial charge in [-0.3, -0.25) is 4.79 Å². The molecule has 2 N–H and O–H groups in total. The largest absolute Gasteiger partial charge is 0.348 e. The van der Waals surface area contributed by atoms with Crippen molar-refractivity contribution in [3.63, 3.8) is 0 Å². The standard InChI is InChI=1S/C22H25FN2O/c23-21-11-8-18(9-12-21)10-13-22(26)24-16-19-4-6-20(7-5-19)17-25-14-2-1-3-15-25/h4-13H,1-3,14-17H2,(H,24,26)/p+1/b13-10+. The predicted octanol–water partition coefficient (Wildman–Crippen LogP) is 2.72. The molecule has 1 aliphatic heterocycles. The van der Waals surface area contributed by atoms with E-state index >= 15 is 0 Å². The van der Waals surface area contributed by atoms with E-state index in [1.807, 2.05) is 0 Å². The molecular weight excluding hydrogens is 327 g/mol. The van der Waals surface area contributed by atoms with Gasteiger partial charge in [0.1, 0.15) is 12.4 Å². The van der Waals surface area contributed by atoms with Crippen LogP contribution >= 0.6 is 0 Å². The molecule has 3 rings (SSSR count). The lowest BCUT2D eigenvalue weighted by molar-refractivity contribution is -0.918. The van der Waals surface area contributed by atoms with Crippen molar-refractivity contribution in [2.45, 2.75) is 32.4 Å². The Hall–Kier alpha value is -2.46. The molecule has 0 aromatic heterocycles. The van der Waals surface area contributed by atoms with Crippen molar-refractivity contribution in [1.29, 1.82) is 0 Å². The van der Waals surface area contributed by atoms with E-state index in [9.17, 15) is 9.18 Å². The van der Waals surface area contributed by atoms with Crippen LogP contribution in [0.5, 0.6) is 0 Å². The molecule has 1 heterocycles. The molecule has 0 aliphatic carbocycles. The Labute approximate surface area is 154 Å². The van der Waals surface area contributed by atoms with Crippen molar-refractivity contribution >= 4 is 12.0 Å². The van der Waals surface area contributed by atoms with E-state index < -0.39 is 0 Å². The average molecular weight is 353 g/mol. The van der Waals surface area contributed by atoms with Gasteiger partial charge >= 0.3 is 0 Å². The SMILES string of the molecule is O=C(/C=C/c1ccc(F)cc1)NCc1ccc(C[NH+]2CCCCC2)cc1. The van der Waals surface area contributed by atoms with Gasteiger partial charge in [0.05, 0.1) is 13.1 Å². The molecule has 0 saturated carbocycles. The molecule has 2 aromatic rings. The fourth-order valence-corrected chi connectivity index (χ4v) is 3.29. The Morgan fingerprint density at radius 1 is 0.962 bits per heavy atom. The number of halogens is 1. The maximum Gasteiger partial charge on any atom is 0.244 e. The molecule has 2 aromatic carbocycles. The summed E-state index contributed by atoms with van der Waals surface area (Å²) in [5, 5.41) is 2.88. The number of rotatable bonds is 6. The second-order valence-corrected chi connectivity index (χ2v) is 6.91. The Balaban J connectivity index is 1.45. The Morgan fingerprint density at radius 3 is 2.31 bits per heavy atom. The highest BCUT2D eigenvalue weighted by Gasteiger charge is 2.13. The summed E-state index contributed by atoms with van der Waals surface area (Å²) in [6.45, 7) is 4.15. The van der Waals surface area contributed by atoms with Gasteiger partial charge in [-0.15, -0.1) is 0 Å². The number of carbonyl (C=O) groups is 1. The van der Waals surface area contributed by atoms with Gasteiger partial charge < -0.3 is 10.2 Å². The predicted molar refractivity (Wildman–Crippen MR) is 102 cm³/mol. The summed E-state index contributed by atoms with van der Waals surface area (Å²) in [6, 6.07) is 14.5. The highest BCUT2D eigenvalue weighted by Crippen LogP contribution is 2.06. The summed E-state index contributed by atoms with van der Waals surface area (Å²) in [5.74, 6) is -0.437. The number of carbonyl (C=O) groups excluding carboxylic acids is 1. The fourth-order valence-electron chi connectivity index (χ4n) is 3.29. The zero-order chi connectivity index (χ0) is 18.2. The minimum Gasteiger partial charge on any atom is -0.348 e. The normalized spacial score (nSPS) is 15.3. The minimum atomic E-state index is -0.281. The number of hydrogen-bond acceptors (Lipinski definition) is 1. The molecule has 0 atom stereocenters. The average Bonchev–Trinajstić information content (AvgIpc) is 2.68. The van der Waals surface area contributed by atoms with Gasteiger partial charge in [0.25, 0.3) is 0 Å². The quantitative estimate of drug-likeness (QED) is 0.770. The van der Waals surface area contributed by atoms with Crippen molar-refractivity contribution in [2.24, 2.45) is 0 Å². The van der Waals surface area contributed by atoms with Crippen LogP contribution in [0.2, 0.25) is 0 Å². The van der Waals surface area contributed by atoms with Crippen LogP contribution in [0.3, 0.4) is 0 Å². The van der Waals surface area contributed by atoms with Gasteiger partial charge in [0.2, 0.25) is 5.91 Å². The maximum absolute atomic E-state index is 12.8. The van der Waals surface area contributed by atoms with Gasteiger partial charge in [-0.2, -0.15) is 0 Å². The fraction of sp³-hybridized carbons (Fsp3) is 0.318. The van der Waals surface area contributed by atoms with E-state index in [4.69, 9.17) is 0 Å². The van der Waals surface area contributed by atoms with Crippen LogP contribution in [0.25, 0.3) is 6.08 Å². The van der Waals surface area contributed by atoms with Gasteiger partial charge in [0, 0.05) is 18.2 Å². The first-order chi connectivity index (χ1) is 12.7. The summed E-state index contributed by atoms with van der Waals surface area (Å²) in [6.07, 6.45) is 7.20. The lowest BCUT2D eigenvalue weighted by Gasteiger charge is -2.23. The third kappa shape index (κ3) is 5.81. The van der Waals surface area contributed by atoms with E-state index in [0.29, 0.717) is 6.54 Å². The van der Waals surface area contributed by atoms with E-state index in [0.717, 1.165) is 17.7 Å². The number of piperidine rings is 1. The molecule has 1 aliphatic rings. The van der Waals surface area contributed by atoms with Crippen molar-refractivity contribution in [2.75, 3.05) is 13.1 Å². The van der Waals surface area contributed by atoms with Crippen LogP contribution in [0, 0.1) is 5.82 Å². The Kier molecular flexibility index (Phi) is 6.56. The molecule has 0 unspecified atom stereocenters. The molecule has 0 bridgehead atoms. The van der Waals surface area contributed by atoms with Crippen LogP contribution in [0.15, 0.2) is 54.6 Å². The molecule has 136 valence electrons. The molecule has 0 spiro atoms. The first-order valence-electron chi connectivity index (χ1n) is 9.32. The van der Waals surface area contributed by atoms with Gasteiger partial charge in [-0.25, -0.2) is 4.39 Å².